The third kappa shape index (κ3) is 3.96. The number of sulfonamides is 1. The Kier molecular flexibility index (Phi) is 4.65. The lowest BCUT2D eigenvalue weighted by atomic mass is 10.0. The van der Waals surface area contributed by atoms with E-state index in [9.17, 15) is 8.42 Å². The number of hydrogen-bond donors (Lipinski definition) is 3. The van der Waals surface area contributed by atoms with Crippen LogP contribution in [0.2, 0.25) is 0 Å². The van der Waals surface area contributed by atoms with E-state index >= 15 is 0 Å². The molecule has 5 nitrogen and oxygen atoms in total. The first-order valence-electron chi connectivity index (χ1n) is 6.91. The molecule has 0 spiro atoms. The molecule has 0 aromatic heterocycles. The summed E-state index contributed by atoms with van der Waals surface area (Å²) in [6, 6.07) is 7.03. The lowest BCUT2D eigenvalue weighted by Gasteiger charge is -2.22. The second-order valence-electron chi connectivity index (χ2n) is 5.31. The van der Waals surface area contributed by atoms with Crippen molar-refractivity contribution in [2.45, 2.75) is 43.8 Å². The highest BCUT2D eigenvalue weighted by atomic mass is 32.2. The quantitative estimate of drug-likeness (QED) is 0.574. The van der Waals surface area contributed by atoms with Crippen LogP contribution in [0.5, 0.6) is 0 Å². The summed E-state index contributed by atoms with van der Waals surface area (Å²) in [7, 11) is -3.29. The van der Waals surface area contributed by atoms with Gasteiger partial charge in [0.05, 0.1) is 11.1 Å². The number of amidine groups is 1. The first kappa shape index (κ1) is 14.8. The molecule has 0 bridgehead atoms. The van der Waals surface area contributed by atoms with E-state index in [0.717, 1.165) is 37.7 Å². The van der Waals surface area contributed by atoms with Crippen molar-refractivity contribution in [3.63, 3.8) is 0 Å². The van der Waals surface area contributed by atoms with E-state index in [1.807, 2.05) is 0 Å². The van der Waals surface area contributed by atoms with Crippen LogP contribution in [0.1, 0.15) is 37.7 Å². The molecule has 1 fully saturated rings. The van der Waals surface area contributed by atoms with Crippen LogP contribution >= 0.6 is 0 Å². The molecule has 0 aliphatic heterocycles. The van der Waals surface area contributed by atoms with Crippen LogP contribution < -0.4 is 10.5 Å². The molecule has 0 unspecified atom stereocenters. The van der Waals surface area contributed by atoms with Gasteiger partial charge in [0, 0.05) is 12.1 Å². The molecule has 2 rings (SSSR count). The summed E-state index contributed by atoms with van der Waals surface area (Å²) >= 11 is 0. The van der Waals surface area contributed by atoms with Crippen molar-refractivity contribution >= 4 is 21.5 Å². The SMILES string of the molecule is N=C(N)Cc1ccc(NS(=O)(=O)C2CCCCC2)cc1. The molecular formula is C14H21N3O2S. The smallest absolute Gasteiger partial charge is 0.235 e. The largest absolute Gasteiger partial charge is 0.387 e. The summed E-state index contributed by atoms with van der Waals surface area (Å²) in [5, 5.41) is 6.96. The summed E-state index contributed by atoms with van der Waals surface area (Å²) in [6.45, 7) is 0. The molecule has 0 saturated heterocycles. The Bertz CT molecular complexity index is 561. The van der Waals surface area contributed by atoms with Gasteiger partial charge in [0.1, 0.15) is 0 Å². The molecule has 0 heterocycles. The summed E-state index contributed by atoms with van der Waals surface area (Å²) in [5.41, 5.74) is 6.81. The van der Waals surface area contributed by atoms with Gasteiger partial charge in [-0.05, 0) is 30.5 Å². The maximum atomic E-state index is 12.3. The molecule has 0 atom stereocenters. The second-order valence-corrected chi connectivity index (χ2v) is 7.27. The summed E-state index contributed by atoms with van der Waals surface area (Å²) in [5.74, 6) is 0.0977. The van der Waals surface area contributed by atoms with Gasteiger partial charge < -0.3 is 5.73 Å². The lowest BCUT2D eigenvalue weighted by molar-refractivity contribution is 0.486. The van der Waals surface area contributed by atoms with E-state index in [1.165, 1.54) is 0 Å². The first-order chi connectivity index (χ1) is 9.47. The van der Waals surface area contributed by atoms with Crippen molar-refractivity contribution in [2.75, 3.05) is 4.72 Å². The van der Waals surface area contributed by atoms with E-state index in [1.54, 1.807) is 24.3 Å². The molecule has 0 amide bonds. The Morgan fingerprint density at radius 3 is 2.35 bits per heavy atom. The van der Waals surface area contributed by atoms with Crippen LogP contribution in [0.4, 0.5) is 5.69 Å². The van der Waals surface area contributed by atoms with Crippen molar-refractivity contribution in [1.82, 2.24) is 0 Å². The summed E-state index contributed by atoms with van der Waals surface area (Å²) < 4.78 is 27.2. The van der Waals surface area contributed by atoms with Crippen LogP contribution in [-0.4, -0.2) is 19.5 Å². The number of nitrogens with two attached hydrogens (primary N) is 1. The average Bonchev–Trinajstić information content (AvgIpc) is 2.41. The van der Waals surface area contributed by atoms with Gasteiger partial charge in [0.25, 0.3) is 0 Å². The molecule has 1 aromatic carbocycles. The van der Waals surface area contributed by atoms with Crippen molar-refractivity contribution in [2.24, 2.45) is 5.73 Å². The zero-order valence-corrected chi connectivity index (χ0v) is 12.2. The van der Waals surface area contributed by atoms with E-state index in [-0.39, 0.29) is 11.1 Å². The highest BCUT2D eigenvalue weighted by Gasteiger charge is 2.26. The van der Waals surface area contributed by atoms with E-state index < -0.39 is 10.0 Å². The zero-order chi connectivity index (χ0) is 14.6. The van der Waals surface area contributed by atoms with Crippen molar-refractivity contribution in [1.29, 1.82) is 5.41 Å². The van der Waals surface area contributed by atoms with Crippen molar-refractivity contribution in [3.05, 3.63) is 29.8 Å². The van der Waals surface area contributed by atoms with Gasteiger partial charge in [0.2, 0.25) is 10.0 Å². The maximum Gasteiger partial charge on any atom is 0.235 e. The number of anilines is 1. The fourth-order valence-corrected chi connectivity index (χ4v) is 4.12. The second kappa shape index (κ2) is 6.26. The number of hydrogen-bond acceptors (Lipinski definition) is 3. The van der Waals surface area contributed by atoms with Crippen LogP contribution in [0, 0.1) is 5.41 Å². The van der Waals surface area contributed by atoms with Gasteiger partial charge in [-0.1, -0.05) is 31.4 Å². The normalized spacial score (nSPS) is 16.8. The number of benzene rings is 1. The van der Waals surface area contributed by atoms with Crippen molar-refractivity contribution < 1.29 is 8.42 Å². The Hall–Kier alpha value is -1.56. The monoisotopic (exact) mass is 295 g/mol. The van der Waals surface area contributed by atoms with Gasteiger partial charge in [-0.15, -0.1) is 0 Å². The average molecular weight is 295 g/mol. The van der Waals surface area contributed by atoms with Crippen molar-refractivity contribution in [3.8, 4) is 0 Å². The topological polar surface area (TPSA) is 96.0 Å². The van der Waals surface area contributed by atoms with Crippen LogP contribution in [0.3, 0.4) is 0 Å². The minimum atomic E-state index is -3.29. The van der Waals surface area contributed by atoms with Gasteiger partial charge in [-0.3, -0.25) is 10.1 Å². The zero-order valence-electron chi connectivity index (χ0n) is 11.4. The van der Waals surface area contributed by atoms with Gasteiger partial charge in [-0.25, -0.2) is 8.42 Å². The Morgan fingerprint density at radius 2 is 1.80 bits per heavy atom. The Balaban J connectivity index is 2.03. The van der Waals surface area contributed by atoms with Crippen LogP contribution in [-0.2, 0) is 16.4 Å². The first-order valence-corrected chi connectivity index (χ1v) is 8.45. The molecule has 1 aliphatic carbocycles. The molecule has 1 aromatic rings. The Labute approximate surface area is 120 Å². The molecular weight excluding hydrogens is 274 g/mol. The third-order valence-corrected chi connectivity index (χ3v) is 5.47. The van der Waals surface area contributed by atoms with Gasteiger partial charge >= 0.3 is 0 Å². The predicted molar refractivity (Wildman–Crippen MR) is 81.5 cm³/mol. The highest BCUT2D eigenvalue weighted by Crippen LogP contribution is 2.25. The molecule has 1 aliphatic rings. The number of rotatable bonds is 5. The van der Waals surface area contributed by atoms with E-state index in [2.05, 4.69) is 4.72 Å². The number of nitrogens with one attached hydrogen (secondary N) is 2. The van der Waals surface area contributed by atoms with Crippen LogP contribution in [0.25, 0.3) is 0 Å². The van der Waals surface area contributed by atoms with Crippen LogP contribution in [0.15, 0.2) is 24.3 Å². The molecule has 1 saturated carbocycles. The maximum absolute atomic E-state index is 12.3. The highest BCUT2D eigenvalue weighted by molar-refractivity contribution is 7.93. The minimum Gasteiger partial charge on any atom is -0.387 e. The van der Waals surface area contributed by atoms with E-state index in [0.29, 0.717) is 12.1 Å². The molecule has 110 valence electrons. The lowest BCUT2D eigenvalue weighted by Crippen LogP contribution is -2.29. The van der Waals surface area contributed by atoms with E-state index in [4.69, 9.17) is 11.1 Å². The summed E-state index contributed by atoms with van der Waals surface area (Å²) in [4.78, 5) is 0. The standard InChI is InChI=1S/C14H21N3O2S/c15-14(16)10-11-6-8-12(9-7-11)17-20(18,19)13-4-2-1-3-5-13/h6-9,13,17H,1-5,10H2,(H3,15,16). The van der Waals surface area contributed by atoms with Gasteiger partial charge in [0.15, 0.2) is 0 Å². The molecule has 4 N–H and O–H groups in total. The molecule has 0 radical (unpaired) electrons. The third-order valence-electron chi connectivity index (χ3n) is 3.60. The predicted octanol–water partition coefficient (Wildman–Crippen LogP) is 2.24. The minimum absolute atomic E-state index is 0.0977. The fourth-order valence-electron chi connectivity index (χ4n) is 2.53. The molecule has 20 heavy (non-hydrogen) atoms. The van der Waals surface area contributed by atoms with Gasteiger partial charge in [-0.2, -0.15) is 0 Å². The fraction of sp³-hybridized carbons (Fsp3) is 0.500. The molecule has 6 heteroatoms. The summed E-state index contributed by atoms with van der Waals surface area (Å²) in [6.07, 6.45) is 4.99. The Morgan fingerprint density at radius 1 is 1.20 bits per heavy atom.